The van der Waals surface area contributed by atoms with Gasteiger partial charge in [0, 0.05) is 19.5 Å². The molecule has 0 aliphatic carbocycles. The van der Waals surface area contributed by atoms with E-state index in [1.807, 2.05) is 0 Å². The van der Waals surface area contributed by atoms with Crippen LogP contribution in [0.15, 0.2) is 23.1 Å². The minimum absolute atomic E-state index is 0.0301. The molecule has 8 heteroatoms. The number of hydrogen-bond donors (Lipinski definition) is 2. The molecule has 1 amide bonds. The van der Waals surface area contributed by atoms with Gasteiger partial charge >= 0.3 is 0 Å². The Morgan fingerprint density at radius 2 is 1.90 bits per heavy atom. The molecule has 116 valence electrons. The molecule has 2 N–H and O–H groups in total. The number of benzene rings is 1. The molecular weight excluding hydrogens is 296 g/mol. The van der Waals surface area contributed by atoms with Crippen LogP contribution in [0, 0.1) is 0 Å². The van der Waals surface area contributed by atoms with Gasteiger partial charge in [-0.25, -0.2) is 8.42 Å². The second kappa shape index (κ2) is 6.31. The number of carbonyl (C=O) groups is 1. The van der Waals surface area contributed by atoms with E-state index in [-0.39, 0.29) is 4.90 Å². The molecule has 1 aromatic carbocycles. The van der Waals surface area contributed by atoms with Crippen molar-refractivity contribution in [3.8, 4) is 11.5 Å². The lowest BCUT2D eigenvalue weighted by Crippen LogP contribution is -2.43. The highest BCUT2D eigenvalue weighted by Gasteiger charge is 2.23. The largest absolute Gasteiger partial charge is 0.490 e. The fourth-order valence-electron chi connectivity index (χ4n) is 1.88. The van der Waals surface area contributed by atoms with E-state index >= 15 is 0 Å². The summed E-state index contributed by atoms with van der Waals surface area (Å²) in [5, 5.41) is 2.39. The summed E-state index contributed by atoms with van der Waals surface area (Å²) in [5.74, 6) is 0.502. The number of carbonyl (C=O) groups excluding carboxylic acids is 1. The Labute approximate surface area is 123 Å². The molecule has 0 saturated carbocycles. The predicted octanol–water partition coefficient (Wildman–Crippen LogP) is 0.261. The molecule has 0 radical (unpaired) electrons. The minimum atomic E-state index is -3.81. The van der Waals surface area contributed by atoms with Crippen molar-refractivity contribution in [2.75, 3.05) is 20.3 Å². The summed E-state index contributed by atoms with van der Waals surface area (Å²) in [7, 11) is -2.36. The molecule has 0 spiro atoms. The first-order chi connectivity index (χ1) is 9.94. The molecule has 0 aromatic heterocycles. The lowest BCUT2D eigenvalue weighted by atomic mass is 10.3. The standard InChI is InChI=1S/C13H18N2O5S/c1-9(13(16)14-2)15-21(17,18)10-4-5-11-12(8-10)20-7-3-6-19-11/h4-5,8-9,15H,3,6-7H2,1-2H3,(H,14,16)/t9-/m0/s1. The molecule has 0 unspecified atom stereocenters. The molecule has 0 bridgehead atoms. The lowest BCUT2D eigenvalue weighted by molar-refractivity contribution is -0.121. The molecule has 7 nitrogen and oxygen atoms in total. The number of amides is 1. The van der Waals surface area contributed by atoms with Crippen LogP contribution >= 0.6 is 0 Å². The fraction of sp³-hybridized carbons (Fsp3) is 0.462. The topological polar surface area (TPSA) is 93.7 Å². The first-order valence-corrected chi connectivity index (χ1v) is 8.06. The average molecular weight is 314 g/mol. The van der Waals surface area contributed by atoms with Gasteiger partial charge in [-0.05, 0) is 19.1 Å². The molecule has 0 fully saturated rings. The summed E-state index contributed by atoms with van der Waals surface area (Å²) in [6.45, 7) is 2.48. The van der Waals surface area contributed by atoms with Crippen LogP contribution in [0.5, 0.6) is 11.5 Å². The van der Waals surface area contributed by atoms with E-state index in [0.29, 0.717) is 24.7 Å². The molecule has 1 atom stereocenters. The highest BCUT2D eigenvalue weighted by atomic mass is 32.2. The monoisotopic (exact) mass is 314 g/mol. The normalized spacial score (nSPS) is 15.9. The first-order valence-electron chi connectivity index (χ1n) is 6.57. The number of fused-ring (bicyclic) bond motifs is 1. The first kappa shape index (κ1) is 15.6. The summed E-state index contributed by atoms with van der Waals surface area (Å²) in [6.07, 6.45) is 0.739. The van der Waals surface area contributed by atoms with Crippen LogP contribution in [0.4, 0.5) is 0 Å². The van der Waals surface area contributed by atoms with E-state index in [1.165, 1.54) is 26.1 Å². The van der Waals surface area contributed by atoms with Crippen molar-refractivity contribution in [3.05, 3.63) is 18.2 Å². The molecule has 1 heterocycles. The van der Waals surface area contributed by atoms with E-state index in [9.17, 15) is 13.2 Å². The van der Waals surface area contributed by atoms with Gasteiger partial charge in [0.2, 0.25) is 15.9 Å². The van der Waals surface area contributed by atoms with Gasteiger partial charge in [-0.1, -0.05) is 0 Å². The van der Waals surface area contributed by atoms with E-state index in [2.05, 4.69) is 10.0 Å². The van der Waals surface area contributed by atoms with Crippen molar-refractivity contribution in [2.24, 2.45) is 0 Å². The highest BCUT2D eigenvalue weighted by Crippen LogP contribution is 2.31. The molecule has 1 aromatic rings. The maximum atomic E-state index is 12.2. The van der Waals surface area contributed by atoms with Crippen LogP contribution in [0.2, 0.25) is 0 Å². The molecule has 21 heavy (non-hydrogen) atoms. The maximum Gasteiger partial charge on any atom is 0.241 e. The number of nitrogens with one attached hydrogen (secondary N) is 2. The fourth-order valence-corrected chi connectivity index (χ4v) is 3.10. The second-order valence-corrected chi connectivity index (χ2v) is 6.33. The van der Waals surface area contributed by atoms with Gasteiger partial charge in [0.1, 0.15) is 0 Å². The van der Waals surface area contributed by atoms with Crippen molar-refractivity contribution >= 4 is 15.9 Å². The molecular formula is C13H18N2O5S. The molecule has 1 aliphatic rings. The Morgan fingerprint density at radius 1 is 1.24 bits per heavy atom. The van der Waals surface area contributed by atoms with Crippen molar-refractivity contribution in [1.82, 2.24) is 10.0 Å². The molecule has 2 rings (SSSR count). The number of likely N-dealkylation sites (N-methyl/N-ethyl adjacent to an activating group) is 1. The summed E-state index contributed by atoms with van der Waals surface area (Å²) in [4.78, 5) is 11.4. The zero-order valence-electron chi connectivity index (χ0n) is 11.9. The van der Waals surface area contributed by atoms with E-state index in [4.69, 9.17) is 9.47 Å². The van der Waals surface area contributed by atoms with Gasteiger partial charge in [0.05, 0.1) is 24.2 Å². The zero-order valence-corrected chi connectivity index (χ0v) is 12.7. The lowest BCUT2D eigenvalue weighted by Gasteiger charge is -2.14. The second-order valence-electron chi connectivity index (χ2n) is 4.62. The van der Waals surface area contributed by atoms with E-state index in [0.717, 1.165) is 6.42 Å². The van der Waals surface area contributed by atoms with Crippen molar-refractivity contribution in [1.29, 1.82) is 0 Å². The number of sulfonamides is 1. The Balaban J connectivity index is 2.24. The number of ether oxygens (including phenoxy) is 2. The van der Waals surface area contributed by atoms with Crippen LogP contribution in [0.3, 0.4) is 0 Å². The van der Waals surface area contributed by atoms with Gasteiger partial charge in [-0.2, -0.15) is 4.72 Å². The summed E-state index contributed by atoms with van der Waals surface area (Å²) in [5.41, 5.74) is 0. The highest BCUT2D eigenvalue weighted by molar-refractivity contribution is 7.89. The Bertz CT molecular complexity index is 629. The van der Waals surface area contributed by atoms with Crippen LogP contribution in [-0.4, -0.2) is 40.6 Å². The average Bonchev–Trinajstić information content (AvgIpc) is 2.70. The van der Waals surface area contributed by atoms with Gasteiger partial charge in [0.15, 0.2) is 11.5 Å². The Morgan fingerprint density at radius 3 is 2.57 bits per heavy atom. The van der Waals surface area contributed by atoms with Crippen LogP contribution < -0.4 is 19.5 Å². The van der Waals surface area contributed by atoms with Crippen molar-refractivity contribution < 1.29 is 22.7 Å². The SMILES string of the molecule is CNC(=O)[C@H](C)NS(=O)(=O)c1ccc2c(c1)OCCCO2. The Hall–Kier alpha value is -1.80. The van der Waals surface area contributed by atoms with Crippen molar-refractivity contribution in [3.63, 3.8) is 0 Å². The van der Waals surface area contributed by atoms with Crippen LogP contribution in [0.1, 0.15) is 13.3 Å². The summed E-state index contributed by atoms with van der Waals surface area (Å²) in [6, 6.07) is 3.52. The summed E-state index contributed by atoms with van der Waals surface area (Å²) >= 11 is 0. The van der Waals surface area contributed by atoms with E-state index < -0.39 is 22.0 Å². The molecule has 1 aliphatic heterocycles. The van der Waals surface area contributed by atoms with Crippen molar-refractivity contribution in [2.45, 2.75) is 24.3 Å². The Kier molecular flexibility index (Phi) is 4.69. The van der Waals surface area contributed by atoms with Gasteiger partial charge in [-0.3, -0.25) is 4.79 Å². The van der Waals surface area contributed by atoms with Gasteiger partial charge in [-0.15, -0.1) is 0 Å². The minimum Gasteiger partial charge on any atom is -0.490 e. The molecule has 0 saturated heterocycles. The zero-order chi connectivity index (χ0) is 15.5. The quantitative estimate of drug-likeness (QED) is 0.831. The number of hydrogen-bond acceptors (Lipinski definition) is 5. The smallest absolute Gasteiger partial charge is 0.241 e. The third-order valence-electron chi connectivity index (χ3n) is 3.00. The van der Waals surface area contributed by atoms with Gasteiger partial charge in [0.25, 0.3) is 0 Å². The maximum absolute atomic E-state index is 12.2. The van der Waals surface area contributed by atoms with Gasteiger partial charge < -0.3 is 14.8 Å². The van der Waals surface area contributed by atoms with E-state index in [1.54, 1.807) is 6.07 Å². The van der Waals surface area contributed by atoms with Crippen LogP contribution in [0.25, 0.3) is 0 Å². The number of rotatable bonds is 4. The predicted molar refractivity (Wildman–Crippen MR) is 75.9 cm³/mol. The van der Waals surface area contributed by atoms with Crippen LogP contribution in [-0.2, 0) is 14.8 Å². The third-order valence-corrected chi connectivity index (χ3v) is 4.54. The third kappa shape index (κ3) is 3.64. The summed E-state index contributed by atoms with van der Waals surface area (Å²) < 4.78 is 37.7.